The summed E-state index contributed by atoms with van der Waals surface area (Å²) in [5.41, 5.74) is 0.678. The van der Waals surface area contributed by atoms with E-state index in [9.17, 15) is 14.4 Å². The molecule has 3 rings (SSSR count). The van der Waals surface area contributed by atoms with Gasteiger partial charge in [0.15, 0.2) is 6.61 Å². The number of rotatable bonds is 8. The van der Waals surface area contributed by atoms with E-state index in [1.54, 1.807) is 42.5 Å². The maximum Gasteiger partial charge on any atom is 0.339 e. The lowest BCUT2D eigenvalue weighted by Crippen LogP contribution is -2.36. The first-order chi connectivity index (χ1) is 16.3. The first kappa shape index (κ1) is 25.3. The summed E-state index contributed by atoms with van der Waals surface area (Å²) in [6.07, 6.45) is 2.76. The van der Waals surface area contributed by atoms with E-state index < -0.39 is 24.5 Å². The summed E-state index contributed by atoms with van der Waals surface area (Å²) in [6, 6.07) is 13.3. The van der Waals surface area contributed by atoms with E-state index in [2.05, 4.69) is 26.1 Å². The fourth-order valence-corrected chi connectivity index (χ4v) is 4.43. The number of carbonyl (C=O) groups excluding carboxylic acids is 3. The highest BCUT2D eigenvalue weighted by Crippen LogP contribution is 2.36. The van der Waals surface area contributed by atoms with Crippen LogP contribution in [-0.4, -0.2) is 37.7 Å². The first-order valence-corrected chi connectivity index (χ1v) is 11.7. The van der Waals surface area contributed by atoms with Gasteiger partial charge in [0.05, 0.1) is 23.9 Å². The second kappa shape index (κ2) is 11.7. The Hall–Kier alpha value is -3.35. The van der Waals surface area contributed by atoms with E-state index in [0.29, 0.717) is 23.3 Å². The number of nitrogens with one attached hydrogen (secondary N) is 1. The van der Waals surface area contributed by atoms with Crippen molar-refractivity contribution in [1.29, 1.82) is 0 Å². The average molecular weight is 468 g/mol. The number of carbonyl (C=O) groups is 3. The number of amides is 1. The van der Waals surface area contributed by atoms with E-state index in [-0.39, 0.29) is 23.1 Å². The molecule has 0 saturated heterocycles. The predicted octanol–water partition coefficient (Wildman–Crippen LogP) is 5.11. The van der Waals surface area contributed by atoms with Crippen molar-refractivity contribution in [3.05, 3.63) is 59.7 Å². The standard InChI is InChI=1S/C27H33NO6/c1-17(2)19-14-13-18(3)15-24(19)34-27(31)21-10-6-5-9-20(21)26(30)33-16-25(29)28-22-11-7-8-12-23(22)32-4/h5-12,17-19,24H,13-16H2,1-4H3,(H,28,29)/t18-,19+,24+/m0/s1. The van der Waals surface area contributed by atoms with Crippen molar-refractivity contribution in [3.63, 3.8) is 0 Å². The van der Waals surface area contributed by atoms with Gasteiger partial charge in [-0.05, 0) is 54.9 Å². The SMILES string of the molecule is COc1ccccc1NC(=O)COC(=O)c1ccccc1C(=O)O[C@@H]1C[C@@H](C)CC[C@@H]1C(C)C. The van der Waals surface area contributed by atoms with Crippen molar-refractivity contribution < 1.29 is 28.6 Å². The van der Waals surface area contributed by atoms with E-state index in [1.165, 1.54) is 13.2 Å². The number of hydrogen-bond acceptors (Lipinski definition) is 6. The van der Waals surface area contributed by atoms with Crippen LogP contribution in [0.1, 0.15) is 60.7 Å². The molecule has 0 unspecified atom stereocenters. The van der Waals surface area contributed by atoms with E-state index in [4.69, 9.17) is 14.2 Å². The van der Waals surface area contributed by atoms with Gasteiger partial charge in [-0.3, -0.25) is 4.79 Å². The molecule has 2 aromatic carbocycles. The largest absolute Gasteiger partial charge is 0.495 e. The zero-order valence-corrected chi connectivity index (χ0v) is 20.2. The Balaban J connectivity index is 1.65. The summed E-state index contributed by atoms with van der Waals surface area (Å²) in [4.78, 5) is 38.1. The normalized spacial score (nSPS) is 19.9. The average Bonchev–Trinajstić information content (AvgIpc) is 2.82. The molecule has 1 fully saturated rings. The molecule has 1 N–H and O–H groups in total. The summed E-state index contributed by atoms with van der Waals surface area (Å²) in [6.45, 7) is 5.94. The van der Waals surface area contributed by atoms with Crippen LogP contribution in [0.5, 0.6) is 5.75 Å². The van der Waals surface area contributed by atoms with Gasteiger partial charge in [-0.1, -0.05) is 51.5 Å². The van der Waals surface area contributed by atoms with Crippen molar-refractivity contribution in [1.82, 2.24) is 0 Å². The van der Waals surface area contributed by atoms with Crippen molar-refractivity contribution in [2.45, 2.75) is 46.1 Å². The number of anilines is 1. The monoisotopic (exact) mass is 467 g/mol. The van der Waals surface area contributed by atoms with Crippen molar-refractivity contribution in [2.24, 2.45) is 17.8 Å². The van der Waals surface area contributed by atoms with Gasteiger partial charge in [0.1, 0.15) is 11.9 Å². The summed E-state index contributed by atoms with van der Waals surface area (Å²) in [5.74, 6) is -0.170. The maximum atomic E-state index is 13.0. The second-order valence-corrected chi connectivity index (χ2v) is 9.14. The predicted molar refractivity (Wildman–Crippen MR) is 129 cm³/mol. The zero-order valence-electron chi connectivity index (χ0n) is 20.2. The van der Waals surface area contributed by atoms with Gasteiger partial charge in [-0.2, -0.15) is 0 Å². The molecule has 7 nitrogen and oxygen atoms in total. The van der Waals surface area contributed by atoms with Gasteiger partial charge >= 0.3 is 11.9 Å². The highest BCUT2D eigenvalue weighted by Gasteiger charge is 2.34. The number of ether oxygens (including phenoxy) is 3. The van der Waals surface area contributed by atoms with E-state index in [1.807, 2.05) is 0 Å². The maximum absolute atomic E-state index is 13.0. The Morgan fingerprint density at radius 2 is 1.62 bits per heavy atom. The van der Waals surface area contributed by atoms with Gasteiger partial charge in [0.25, 0.3) is 5.91 Å². The summed E-state index contributed by atoms with van der Waals surface area (Å²) in [7, 11) is 1.50. The Morgan fingerprint density at radius 1 is 0.971 bits per heavy atom. The molecule has 1 amide bonds. The van der Waals surface area contributed by atoms with E-state index >= 15 is 0 Å². The highest BCUT2D eigenvalue weighted by molar-refractivity contribution is 6.04. The third kappa shape index (κ3) is 6.37. The fraction of sp³-hybridized carbons (Fsp3) is 0.444. The van der Waals surface area contributed by atoms with Crippen LogP contribution in [0.15, 0.2) is 48.5 Å². The van der Waals surface area contributed by atoms with Crippen LogP contribution in [0.2, 0.25) is 0 Å². The number of hydrogen-bond donors (Lipinski definition) is 1. The molecular formula is C27H33NO6. The fourth-order valence-electron chi connectivity index (χ4n) is 4.43. The van der Waals surface area contributed by atoms with Crippen LogP contribution >= 0.6 is 0 Å². The molecule has 0 bridgehead atoms. The quantitative estimate of drug-likeness (QED) is 0.543. The second-order valence-electron chi connectivity index (χ2n) is 9.14. The third-order valence-corrected chi connectivity index (χ3v) is 6.30. The van der Waals surface area contributed by atoms with Crippen LogP contribution < -0.4 is 10.1 Å². The van der Waals surface area contributed by atoms with Crippen LogP contribution in [0.3, 0.4) is 0 Å². The number of esters is 2. The molecule has 1 saturated carbocycles. The van der Waals surface area contributed by atoms with Gasteiger partial charge in [-0.15, -0.1) is 0 Å². The minimum absolute atomic E-state index is 0.0718. The van der Waals surface area contributed by atoms with Gasteiger partial charge in [0.2, 0.25) is 0 Å². The molecule has 0 radical (unpaired) electrons. The zero-order chi connectivity index (χ0) is 24.7. The molecule has 0 spiro atoms. The highest BCUT2D eigenvalue weighted by atomic mass is 16.5. The topological polar surface area (TPSA) is 90.9 Å². The minimum atomic E-state index is -0.764. The molecule has 2 aromatic rings. The Morgan fingerprint density at radius 3 is 2.29 bits per heavy atom. The molecule has 1 aliphatic rings. The molecule has 182 valence electrons. The van der Waals surface area contributed by atoms with Gasteiger partial charge < -0.3 is 19.5 Å². The molecule has 0 aliphatic heterocycles. The third-order valence-electron chi connectivity index (χ3n) is 6.30. The minimum Gasteiger partial charge on any atom is -0.495 e. The lowest BCUT2D eigenvalue weighted by Gasteiger charge is -2.36. The molecular weight excluding hydrogens is 434 g/mol. The number of para-hydroxylation sites is 2. The van der Waals surface area contributed by atoms with Crippen LogP contribution in [0.4, 0.5) is 5.69 Å². The molecule has 34 heavy (non-hydrogen) atoms. The molecule has 0 heterocycles. The van der Waals surface area contributed by atoms with Crippen molar-refractivity contribution in [3.8, 4) is 5.75 Å². The summed E-state index contributed by atoms with van der Waals surface area (Å²) >= 11 is 0. The molecule has 3 atom stereocenters. The van der Waals surface area contributed by atoms with Gasteiger partial charge in [-0.25, -0.2) is 9.59 Å². The summed E-state index contributed by atoms with van der Waals surface area (Å²) < 4.78 is 16.3. The summed E-state index contributed by atoms with van der Waals surface area (Å²) in [5, 5.41) is 2.65. The van der Waals surface area contributed by atoms with Gasteiger partial charge in [0, 0.05) is 0 Å². The smallest absolute Gasteiger partial charge is 0.339 e. The Labute approximate surface area is 200 Å². The van der Waals surface area contributed by atoms with Crippen LogP contribution in [0, 0.1) is 17.8 Å². The molecule has 1 aliphatic carbocycles. The van der Waals surface area contributed by atoms with Crippen molar-refractivity contribution in [2.75, 3.05) is 19.0 Å². The Bertz CT molecular complexity index is 1020. The lowest BCUT2D eigenvalue weighted by atomic mass is 9.75. The molecule has 0 aromatic heterocycles. The van der Waals surface area contributed by atoms with Crippen molar-refractivity contribution >= 4 is 23.5 Å². The van der Waals surface area contributed by atoms with Crippen LogP contribution in [0.25, 0.3) is 0 Å². The Kier molecular flexibility index (Phi) is 8.68. The van der Waals surface area contributed by atoms with Crippen LogP contribution in [-0.2, 0) is 14.3 Å². The van der Waals surface area contributed by atoms with E-state index in [0.717, 1.165) is 19.3 Å². The number of methoxy groups -OCH3 is 1. The number of benzene rings is 2. The molecule has 7 heteroatoms. The first-order valence-electron chi connectivity index (χ1n) is 11.7. The lowest BCUT2D eigenvalue weighted by molar-refractivity contribution is -0.119.